The zero-order valence-electron chi connectivity index (χ0n) is 20.8. The van der Waals surface area contributed by atoms with Crippen LogP contribution in [0.5, 0.6) is 0 Å². The number of likely N-dealkylation sites (tertiary alicyclic amines) is 1. The van der Waals surface area contributed by atoms with E-state index in [1.165, 1.54) is 0 Å². The summed E-state index contributed by atoms with van der Waals surface area (Å²) in [5.74, 6) is 0.0828. The summed E-state index contributed by atoms with van der Waals surface area (Å²) in [5, 5.41) is 2.89. The molecule has 8 heteroatoms. The summed E-state index contributed by atoms with van der Waals surface area (Å²) in [6.45, 7) is 5.27. The van der Waals surface area contributed by atoms with Crippen molar-refractivity contribution in [3.63, 3.8) is 0 Å². The Morgan fingerprint density at radius 2 is 1.84 bits per heavy atom. The number of aromatic nitrogens is 2. The summed E-state index contributed by atoms with van der Waals surface area (Å²) >= 11 is 0. The van der Waals surface area contributed by atoms with Crippen molar-refractivity contribution in [2.75, 3.05) is 50.8 Å². The van der Waals surface area contributed by atoms with Gasteiger partial charge in [-0.3, -0.25) is 14.6 Å². The molecule has 0 aliphatic carbocycles. The quantitative estimate of drug-likeness (QED) is 0.562. The number of rotatable bonds is 5. The molecular formula is C29H31N5O3. The molecule has 0 saturated carbocycles. The molecule has 3 aliphatic rings. The minimum Gasteiger partial charge on any atom is -0.378 e. The Labute approximate surface area is 216 Å². The molecule has 0 atom stereocenters. The van der Waals surface area contributed by atoms with E-state index in [0.717, 1.165) is 84.9 Å². The van der Waals surface area contributed by atoms with Crippen molar-refractivity contribution in [1.29, 1.82) is 0 Å². The summed E-state index contributed by atoms with van der Waals surface area (Å²) in [6.07, 6.45) is 8.81. The van der Waals surface area contributed by atoms with Gasteiger partial charge in [0.2, 0.25) is 0 Å². The number of hydrogen-bond acceptors (Lipinski definition) is 5. The monoisotopic (exact) mass is 497 g/mol. The second kappa shape index (κ2) is 10.2. The van der Waals surface area contributed by atoms with Crippen LogP contribution in [0.2, 0.25) is 0 Å². The normalized spacial score (nSPS) is 17.8. The fourth-order valence-electron chi connectivity index (χ4n) is 5.33. The van der Waals surface area contributed by atoms with Crippen molar-refractivity contribution < 1.29 is 14.3 Å². The van der Waals surface area contributed by atoms with Gasteiger partial charge < -0.3 is 24.8 Å². The molecule has 8 nitrogen and oxygen atoms in total. The second-order valence-electron chi connectivity index (χ2n) is 9.76. The fourth-order valence-corrected chi connectivity index (χ4v) is 5.33. The van der Waals surface area contributed by atoms with E-state index in [1.54, 1.807) is 6.20 Å². The van der Waals surface area contributed by atoms with E-state index in [-0.39, 0.29) is 11.8 Å². The molecule has 0 radical (unpaired) electrons. The van der Waals surface area contributed by atoms with Gasteiger partial charge in [0.15, 0.2) is 0 Å². The molecule has 0 spiro atoms. The van der Waals surface area contributed by atoms with Crippen LogP contribution >= 0.6 is 0 Å². The number of carbonyl (C=O) groups excluding carboxylic acids is 2. The molecular weight excluding hydrogens is 466 g/mol. The number of pyridine rings is 1. The fraction of sp³-hybridized carbons (Fsp3) is 0.345. The molecule has 1 aromatic carbocycles. The number of aromatic amines is 1. The molecule has 37 heavy (non-hydrogen) atoms. The first-order valence-electron chi connectivity index (χ1n) is 13.1. The SMILES string of the molecule is O=C1NCCc2[nH]c(-c3ccnc(C=Cc4ccc(C(=O)N5CCCC5)cc4N4CCOCC4)c3)cc21. The first kappa shape index (κ1) is 23.5. The van der Waals surface area contributed by atoms with Crippen LogP contribution in [-0.4, -0.2) is 72.6 Å². The van der Waals surface area contributed by atoms with Crippen LogP contribution in [-0.2, 0) is 11.2 Å². The topological polar surface area (TPSA) is 90.6 Å². The molecule has 0 unspecified atom stereocenters. The Balaban J connectivity index is 1.28. The number of amides is 2. The molecule has 2 aromatic heterocycles. The number of benzene rings is 1. The standard InChI is InChI=1S/C29H31N5O3/c35-28-24-19-26(32-25(24)8-10-31-28)21-7-9-30-23(17-21)6-5-20-3-4-22(29(36)34-11-1-2-12-34)18-27(20)33-13-15-37-16-14-33/h3-7,9,17-19,32H,1-2,8,10-16H2,(H,31,35). The highest BCUT2D eigenvalue weighted by molar-refractivity contribution is 5.98. The van der Waals surface area contributed by atoms with Gasteiger partial charge in [-0.2, -0.15) is 0 Å². The van der Waals surface area contributed by atoms with Gasteiger partial charge in [0.1, 0.15) is 0 Å². The van der Waals surface area contributed by atoms with Gasteiger partial charge in [-0.15, -0.1) is 0 Å². The van der Waals surface area contributed by atoms with Crippen LogP contribution in [0.15, 0.2) is 42.6 Å². The van der Waals surface area contributed by atoms with Gasteiger partial charge in [0, 0.05) is 73.5 Å². The molecule has 190 valence electrons. The van der Waals surface area contributed by atoms with Crippen LogP contribution in [0.1, 0.15) is 50.5 Å². The highest BCUT2D eigenvalue weighted by Gasteiger charge is 2.22. The summed E-state index contributed by atoms with van der Waals surface area (Å²) in [7, 11) is 0. The van der Waals surface area contributed by atoms with Gasteiger partial charge in [0.05, 0.1) is 24.5 Å². The number of anilines is 1. The van der Waals surface area contributed by atoms with E-state index in [4.69, 9.17) is 4.74 Å². The Morgan fingerprint density at radius 3 is 2.65 bits per heavy atom. The number of hydrogen-bond donors (Lipinski definition) is 2. The minimum absolute atomic E-state index is 0.0276. The summed E-state index contributed by atoms with van der Waals surface area (Å²) in [5.41, 5.74) is 7.23. The van der Waals surface area contributed by atoms with Crippen LogP contribution in [0, 0.1) is 0 Å². The van der Waals surface area contributed by atoms with Crippen LogP contribution < -0.4 is 10.2 Å². The first-order chi connectivity index (χ1) is 18.2. The Morgan fingerprint density at radius 1 is 1.00 bits per heavy atom. The number of morpholine rings is 1. The van der Waals surface area contributed by atoms with Crippen molar-refractivity contribution in [3.05, 3.63) is 70.7 Å². The lowest BCUT2D eigenvalue weighted by atomic mass is 10.0. The van der Waals surface area contributed by atoms with Crippen molar-refractivity contribution in [3.8, 4) is 11.3 Å². The molecule has 3 aliphatic heterocycles. The predicted molar refractivity (Wildman–Crippen MR) is 144 cm³/mol. The third kappa shape index (κ3) is 4.89. The van der Waals surface area contributed by atoms with E-state index in [0.29, 0.717) is 25.3 Å². The van der Waals surface area contributed by atoms with Crippen molar-refractivity contribution in [2.24, 2.45) is 0 Å². The largest absolute Gasteiger partial charge is 0.378 e. The second-order valence-corrected chi connectivity index (χ2v) is 9.76. The van der Waals surface area contributed by atoms with Gasteiger partial charge in [-0.25, -0.2) is 0 Å². The number of nitrogens with one attached hydrogen (secondary N) is 2. The lowest BCUT2D eigenvalue weighted by molar-refractivity contribution is 0.0792. The van der Waals surface area contributed by atoms with Crippen LogP contribution in [0.3, 0.4) is 0 Å². The first-order valence-corrected chi connectivity index (χ1v) is 13.1. The van der Waals surface area contributed by atoms with Gasteiger partial charge in [-0.05, 0) is 54.8 Å². The molecule has 2 amide bonds. The molecule has 2 fully saturated rings. The zero-order valence-corrected chi connectivity index (χ0v) is 20.8. The van der Waals surface area contributed by atoms with Crippen LogP contribution in [0.25, 0.3) is 23.4 Å². The zero-order chi connectivity index (χ0) is 25.2. The van der Waals surface area contributed by atoms with E-state index in [1.807, 2.05) is 47.4 Å². The van der Waals surface area contributed by atoms with Gasteiger partial charge in [0.25, 0.3) is 11.8 Å². The van der Waals surface area contributed by atoms with Crippen molar-refractivity contribution >= 4 is 29.7 Å². The summed E-state index contributed by atoms with van der Waals surface area (Å²) < 4.78 is 5.57. The number of nitrogens with zero attached hydrogens (tertiary/aromatic N) is 3. The van der Waals surface area contributed by atoms with E-state index < -0.39 is 0 Å². The van der Waals surface area contributed by atoms with E-state index in [2.05, 4.69) is 26.3 Å². The van der Waals surface area contributed by atoms with E-state index >= 15 is 0 Å². The highest BCUT2D eigenvalue weighted by Crippen LogP contribution is 2.28. The van der Waals surface area contributed by atoms with Crippen molar-refractivity contribution in [2.45, 2.75) is 19.3 Å². The average molecular weight is 498 g/mol. The Kier molecular flexibility index (Phi) is 6.49. The Bertz CT molecular complexity index is 1350. The molecule has 0 bridgehead atoms. The van der Waals surface area contributed by atoms with Crippen LogP contribution in [0.4, 0.5) is 5.69 Å². The molecule has 2 N–H and O–H groups in total. The third-order valence-electron chi connectivity index (χ3n) is 7.35. The lowest BCUT2D eigenvalue weighted by Crippen LogP contribution is -2.37. The third-order valence-corrected chi connectivity index (χ3v) is 7.35. The molecule has 3 aromatic rings. The molecule has 5 heterocycles. The highest BCUT2D eigenvalue weighted by atomic mass is 16.5. The smallest absolute Gasteiger partial charge is 0.253 e. The van der Waals surface area contributed by atoms with E-state index in [9.17, 15) is 9.59 Å². The maximum absolute atomic E-state index is 13.1. The lowest BCUT2D eigenvalue weighted by Gasteiger charge is -2.30. The average Bonchev–Trinajstić information content (AvgIpc) is 3.64. The maximum atomic E-state index is 13.1. The van der Waals surface area contributed by atoms with Gasteiger partial charge in [-0.1, -0.05) is 12.1 Å². The van der Waals surface area contributed by atoms with Gasteiger partial charge >= 0.3 is 0 Å². The van der Waals surface area contributed by atoms with Crippen molar-refractivity contribution in [1.82, 2.24) is 20.2 Å². The maximum Gasteiger partial charge on any atom is 0.253 e. The predicted octanol–water partition coefficient (Wildman–Crippen LogP) is 3.61. The number of carbonyl (C=O) groups is 2. The minimum atomic E-state index is -0.0276. The molecule has 6 rings (SSSR count). The molecule has 2 saturated heterocycles. The number of ether oxygens (including phenoxy) is 1. The number of fused-ring (bicyclic) bond motifs is 1. The summed E-state index contributed by atoms with van der Waals surface area (Å²) in [6, 6.07) is 11.9. The Hall–Kier alpha value is -3.91. The number of H-pyrrole nitrogens is 1. The summed E-state index contributed by atoms with van der Waals surface area (Å²) in [4.78, 5) is 37.4.